The number of nitrogens with one attached hydrogen (secondary N) is 1. The van der Waals surface area contributed by atoms with Crippen LogP contribution in [0.15, 0.2) is 64.5 Å². The smallest absolute Gasteiger partial charge is 0.430 e. The normalized spacial score (nSPS) is 14.0. The first-order valence-corrected chi connectivity index (χ1v) is 13.3. The number of rotatable bonds is 5. The first kappa shape index (κ1) is 28.1. The first-order chi connectivity index (χ1) is 18.3. The summed E-state index contributed by atoms with van der Waals surface area (Å²) >= 11 is 5.95. The average molecular weight is 580 g/mol. The third-order valence-corrected chi connectivity index (χ3v) is 7.86. The number of benzene rings is 3. The Labute approximate surface area is 226 Å². The Morgan fingerprint density at radius 3 is 2.36 bits per heavy atom. The maximum absolute atomic E-state index is 13.5. The molecule has 0 amide bonds. The van der Waals surface area contributed by atoms with Crippen molar-refractivity contribution in [1.82, 2.24) is 0 Å². The van der Waals surface area contributed by atoms with Crippen LogP contribution in [0.5, 0.6) is 5.75 Å². The number of halogens is 4. The van der Waals surface area contributed by atoms with Crippen LogP contribution >= 0.6 is 11.6 Å². The fraction of sp³-hybridized carbons (Fsp3) is 0.192. The Hall–Kier alpha value is -3.90. The van der Waals surface area contributed by atoms with Gasteiger partial charge in [0.2, 0.25) is 5.75 Å². The van der Waals surface area contributed by atoms with E-state index >= 15 is 0 Å². The number of nitrogens with zero attached hydrogens (tertiary/aromatic N) is 2. The summed E-state index contributed by atoms with van der Waals surface area (Å²) in [5.74, 6) is -3.12. The summed E-state index contributed by atoms with van der Waals surface area (Å²) in [7, 11) is -3.90. The number of carboxylic acid groups (broad SMARTS) is 1. The molecule has 2 aliphatic rings. The van der Waals surface area contributed by atoms with Crippen LogP contribution in [0.2, 0.25) is 5.02 Å². The number of aliphatic carboxylic acids is 1. The van der Waals surface area contributed by atoms with Gasteiger partial charge in [-0.3, -0.25) is 4.99 Å². The molecule has 2 aliphatic heterocycles. The minimum Gasteiger partial charge on any atom is -0.542 e. The van der Waals surface area contributed by atoms with Crippen molar-refractivity contribution < 1.29 is 40.6 Å². The number of aromatic hydroxyl groups is 1. The fourth-order valence-corrected chi connectivity index (χ4v) is 5.52. The molecule has 8 nitrogen and oxygen atoms in total. The lowest BCUT2D eigenvalue weighted by Gasteiger charge is -2.11. The van der Waals surface area contributed by atoms with Crippen LogP contribution in [0.1, 0.15) is 17.5 Å². The standard InChI is InChI=1S/C24H20ClN3O3S.C2HF3O2/c1-15-2-8-19(9-3-15)32(30,31)28-14-17-10-11-26-20-12-21(24(29)23(28)22(17)20)27-13-16-4-6-18(25)7-5-16;3-2(4,5)1(6)7/h2-9,12,14H,10-11,13H2,1H3,(H,26,27);(H,6,7). The van der Waals surface area contributed by atoms with Gasteiger partial charge >= 0.3 is 16.2 Å². The van der Waals surface area contributed by atoms with E-state index in [9.17, 15) is 26.7 Å². The van der Waals surface area contributed by atoms with Crippen molar-refractivity contribution in [3.8, 4) is 5.75 Å². The highest BCUT2D eigenvalue weighted by atomic mass is 35.5. The number of alkyl halides is 3. The molecule has 13 heteroatoms. The molecule has 2 heterocycles. The second-order valence-corrected chi connectivity index (χ2v) is 10.9. The zero-order chi connectivity index (χ0) is 28.5. The number of phenols is 1. The molecule has 0 aliphatic carbocycles. The molecule has 0 aromatic heterocycles. The molecule has 0 unspecified atom stereocenters. The zero-order valence-corrected chi connectivity index (χ0v) is 21.9. The number of anilines is 1. The minimum atomic E-state index is -5.19. The molecule has 0 saturated heterocycles. The summed E-state index contributed by atoms with van der Waals surface area (Å²) in [6.45, 7) is 2.91. The highest BCUT2D eigenvalue weighted by Gasteiger charge is 2.39. The highest BCUT2D eigenvalue weighted by molar-refractivity contribution is 7.85. The van der Waals surface area contributed by atoms with Crippen LogP contribution in [0.25, 0.3) is 5.57 Å². The van der Waals surface area contributed by atoms with Crippen molar-refractivity contribution in [3.63, 3.8) is 0 Å². The van der Waals surface area contributed by atoms with E-state index in [1.807, 2.05) is 19.1 Å². The Kier molecular flexibility index (Phi) is 7.71. The molecule has 0 saturated carbocycles. The number of hydrogen-bond acceptors (Lipinski definition) is 7. The number of phenolic OH excluding ortho intramolecular Hbond substituents is 1. The third-order valence-electron chi connectivity index (χ3n) is 5.94. The van der Waals surface area contributed by atoms with Gasteiger partial charge in [0.15, 0.2) is 6.21 Å². The topological polar surface area (TPSA) is 122 Å². The van der Waals surface area contributed by atoms with E-state index in [1.165, 1.54) is 3.98 Å². The van der Waals surface area contributed by atoms with Gasteiger partial charge in [-0.25, -0.2) is 0 Å². The molecule has 0 radical (unpaired) electrons. The van der Waals surface area contributed by atoms with Gasteiger partial charge in [-0.1, -0.05) is 45.4 Å². The predicted molar refractivity (Wildman–Crippen MR) is 136 cm³/mol. The predicted octanol–water partition coefficient (Wildman–Crippen LogP) is 2.56. The molecule has 0 bridgehead atoms. The number of carbonyl (C=O) groups is 1. The number of carboxylic acids is 1. The second-order valence-electron chi connectivity index (χ2n) is 8.68. The molecule has 3 aromatic rings. The number of carbonyl (C=O) groups excluding carboxylic acids is 1. The van der Waals surface area contributed by atoms with E-state index in [4.69, 9.17) is 21.5 Å². The molecular weight excluding hydrogens is 559 g/mol. The molecule has 0 fully saturated rings. The summed E-state index contributed by atoms with van der Waals surface area (Å²) in [4.78, 5) is 13.5. The fourth-order valence-electron chi connectivity index (χ4n) is 4.01. The SMILES string of the molecule is Cc1ccc(S(=O)(=O)[N+]2=CC3=c4c2c(O)c(NCc2ccc(Cl)cc2)cc4=NCC3)cc1.O=C([O-])C(F)(F)F. The first-order valence-electron chi connectivity index (χ1n) is 11.4. The second kappa shape index (κ2) is 10.7. The van der Waals surface area contributed by atoms with E-state index in [1.54, 1.807) is 48.7 Å². The molecule has 39 heavy (non-hydrogen) atoms. The lowest BCUT2D eigenvalue weighted by Crippen LogP contribution is -2.37. The van der Waals surface area contributed by atoms with Gasteiger partial charge in [-0.05, 0) is 49.2 Å². The van der Waals surface area contributed by atoms with Gasteiger partial charge in [-0.15, -0.1) is 0 Å². The summed E-state index contributed by atoms with van der Waals surface area (Å²) in [5, 5.41) is 25.2. The summed E-state index contributed by atoms with van der Waals surface area (Å²) in [6, 6.07) is 15.8. The van der Waals surface area contributed by atoms with Crippen molar-refractivity contribution in [2.45, 2.75) is 31.0 Å². The molecule has 2 N–H and O–H groups in total. The maximum atomic E-state index is 13.5. The number of aryl methyl sites for hydroxylation is 1. The van der Waals surface area contributed by atoms with Crippen LogP contribution in [0.3, 0.4) is 0 Å². The Morgan fingerprint density at radius 2 is 1.77 bits per heavy atom. The van der Waals surface area contributed by atoms with Gasteiger partial charge in [0.05, 0.1) is 16.3 Å². The Balaban J connectivity index is 0.000000448. The monoisotopic (exact) mass is 579 g/mol. The third kappa shape index (κ3) is 5.91. The van der Waals surface area contributed by atoms with E-state index in [-0.39, 0.29) is 16.3 Å². The van der Waals surface area contributed by atoms with Gasteiger partial charge < -0.3 is 20.3 Å². The van der Waals surface area contributed by atoms with Crippen LogP contribution in [-0.2, 0) is 21.4 Å². The highest BCUT2D eigenvalue weighted by Crippen LogP contribution is 2.35. The molecule has 204 valence electrons. The van der Waals surface area contributed by atoms with Crippen molar-refractivity contribution >= 4 is 50.8 Å². The zero-order valence-electron chi connectivity index (χ0n) is 20.3. The van der Waals surface area contributed by atoms with Gasteiger partial charge in [0.25, 0.3) is 5.69 Å². The van der Waals surface area contributed by atoms with Crippen molar-refractivity contribution in [2.75, 3.05) is 11.9 Å². The lowest BCUT2D eigenvalue weighted by molar-refractivity contribution is -0.344. The van der Waals surface area contributed by atoms with E-state index in [0.29, 0.717) is 40.8 Å². The summed E-state index contributed by atoms with van der Waals surface area (Å²) in [6.07, 6.45) is -2.96. The summed E-state index contributed by atoms with van der Waals surface area (Å²) < 4.78 is 59.7. The number of hydrogen-bond donors (Lipinski definition) is 2. The van der Waals surface area contributed by atoms with E-state index in [0.717, 1.165) is 16.7 Å². The van der Waals surface area contributed by atoms with Crippen LogP contribution < -0.4 is 21.0 Å². The van der Waals surface area contributed by atoms with Gasteiger partial charge in [0.1, 0.15) is 10.9 Å². The molecule has 5 rings (SSSR count). The maximum Gasteiger partial charge on any atom is 0.430 e. The van der Waals surface area contributed by atoms with Crippen LogP contribution in [0.4, 0.5) is 24.5 Å². The molecule has 3 aromatic carbocycles. The van der Waals surface area contributed by atoms with Crippen molar-refractivity contribution in [1.29, 1.82) is 0 Å². The molecule has 0 spiro atoms. The van der Waals surface area contributed by atoms with E-state index in [2.05, 4.69) is 10.3 Å². The van der Waals surface area contributed by atoms with Crippen molar-refractivity contribution in [3.05, 3.63) is 81.3 Å². The van der Waals surface area contributed by atoms with E-state index < -0.39 is 22.2 Å². The molecule has 0 atom stereocenters. The quantitative estimate of drug-likeness (QED) is 0.354. The summed E-state index contributed by atoms with van der Waals surface area (Å²) in [5.41, 5.74) is 3.49. The lowest BCUT2D eigenvalue weighted by atomic mass is 10.1. The average Bonchev–Trinajstić information content (AvgIpc) is 3.28. The minimum absolute atomic E-state index is 0.114. The van der Waals surface area contributed by atoms with Crippen LogP contribution in [-0.4, -0.2) is 42.4 Å². The largest absolute Gasteiger partial charge is 0.542 e. The van der Waals surface area contributed by atoms with Crippen molar-refractivity contribution in [2.24, 2.45) is 4.99 Å². The Morgan fingerprint density at radius 1 is 1.15 bits per heavy atom. The van der Waals surface area contributed by atoms with Gasteiger partial charge in [-0.2, -0.15) is 21.6 Å². The molecular formula is C26H21ClF3N3O5S. The number of sulfonamides is 1. The van der Waals surface area contributed by atoms with Gasteiger partial charge in [0, 0.05) is 23.7 Å². The van der Waals surface area contributed by atoms with Crippen LogP contribution in [0, 0.1) is 6.92 Å². The Bertz CT molecular complexity index is 1700.